The van der Waals surface area contributed by atoms with Gasteiger partial charge in [0, 0.05) is 19.0 Å². The van der Waals surface area contributed by atoms with Crippen LogP contribution in [0.25, 0.3) is 0 Å². The smallest absolute Gasteiger partial charge is 0.225 e. The lowest BCUT2D eigenvalue weighted by Crippen LogP contribution is -2.44. The van der Waals surface area contributed by atoms with Crippen molar-refractivity contribution in [3.05, 3.63) is 35.9 Å². The van der Waals surface area contributed by atoms with E-state index < -0.39 is 0 Å². The maximum absolute atomic E-state index is 12.3. The Balaban J connectivity index is 2.08. The summed E-state index contributed by atoms with van der Waals surface area (Å²) in [6.45, 7) is 6.06. The zero-order valence-electron chi connectivity index (χ0n) is 11.4. The molecule has 2 atom stereocenters. The number of nitrogens with zero attached hydrogens (tertiary/aromatic N) is 1. The second-order valence-electron chi connectivity index (χ2n) is 5.32. The minimum absolute atomic E-state index is 0.243. The van der Waals surface area contributed by atoms with Crippen LogP contribution in [0.2, 0.25) is 0 Å². The third-order valence-electron chi connectivity index (χ3n) is 4.04. The van der Waals surface area contributed by atoms with Gasteiger partial charge in [-0.25, -0.2) is 0 Å². The molecule has 1 aromatic carbocycles. The summed E-state index contributed by atoms with van der Waals surface area (Å²) < 4.78 is 0. The zero-order valence-corrected chi connectivity index (χ0v) is 11.4. The predicted octanol–water partition coefficient (Wildman–Crippen LogP) is 3.47. The van der Waals surface area contributed by atoms with Crippen molar-refractivity contribution >= 4 is 5.91 Å². The van der Waals surface area contributed by atoms with Crippen molar-refractivity contribution in [3.63, 3.8) is 0 Å². The Morgan fingerprint density at radius 1 is 1.17 bits per heavy atom. The average Bonchev–Trinajstić information content (AvgIpc) is 2.42. The van der Waals surface area contributed by atoms with Gasteiger partial charge in [-0.2, -0.15) is 0 Å². The molecule has 1 aliphatic rings. The molecule has 1 fully saturated rings. The van der Waals surface area contributed by atoms with Crippen LogP contribution < -0.4 is 0 Å². The van der Waals surface area contributed by atoms with E-state index in [0.29, 0.717) is 11.8 Å². The van der Waals surface area contributed by atoms with Crippen molar-refractivity contribution in [1.29, 1.82) is 0 Å². The second-order valence-corrected chi connectivity index (χ2v) is 5.32. The SMILES string of the molecule is CCC1CC(CC)C(=O)N(Cc2ccccc2)C1. The van der Waals surface area contributed by atoms with Crippen molar-refractivity contribution < 1.29 is 4.79 Å². The molecule has 18 heavy (non-hydrogen) atoms. The fourth-order valence-corrected chi connectivity index (χ4v) is 2.82. The second kappa shape index (κ2) is 6.03. The van der Waals surface area contributed by atoms with Crippen LogP contribution in [0.4, 0.5) is 0 Å². The molecule has 0 bridgehead atoms. The summed E-state index contributed by atoms with van der Waals surface area (Å²) in [4.78, 5) is 14.4. The van der Waals surface area contributed by atoms with Crippen molar-refractivity contribution in [2.24, 2.45) is 11.8 Å². The fourth-order valence-electron chi connectivity index (χ4n) is 2.82. The third-order valence-corrected chi connectivity index (χ3v) is 4.04. The molecule has 1 saturated heterocycles. The van der Waals surface area contributed by atoms with Crippen molar-refractivity contribution in [1.82, 2.24) is 4.90 Å². The molecule has 0 N–H and O–H groups in total. The van der Waals surface area contributed by atoms with Gasteiger partial charge in [0.15, 0.2) is 0 Å². The zero-order chi connectivity index (χ0) is 13.0. The minimum atomic E-state index is 0.243. The van der Waals surface area contributed by atoms with E-state index in [9.17, 15) is 4.79 Å². The number of amides is 1. The van der Waals surface area contributed by atoms with E-state index in [0.717, 1.165) is 25.9 Å². The number of carbonyl (C=O) groups is 1. The first-order valence-electron chi connectivity index (χ1n) is 7.07. The Bertz CT molecular complexity index is 387. The summed E-state index contributed by atoms with van der Waals surface area (Å²) in [5.74, 6) is 1.27. The molecule has 98 valence electrons. The highest BCUT2D eigenvalue weighted by molar-refractivity contribution is 5.79. The van der Waals surface area contributed by atoms with Gasteiger partial charge in [0.2, 0.25) is 5.91 Å². The van der Waals surface area contributed by atoms with Gasteiger partial charge < -0.3 is 4.90 Å². The Labute approximate surface area is 110 Å². The van der Waals surface area contributed by atoms with E-state index in [-0.39, 0.29) is 5.92 Å². The van der Waals surface area contributed by atoms with Crippen LogP contribution in [-0.4, -0.2) is 17.4 Å². The van der Waals surface area contributed by atoms with Crippen molar-refractivity contribution in [2.75, 3.05) is 6.54 Å². The molecule has 1 amide bonds. The molecule has 0 aromatic heterocycles. The Hall–Kier alpha value is -1.31. The van der Waals surface area contributed by atoms with E-state index in [2.05, 4.69) is 30.9 Å². The molecule has 1 heterocycles. The van der Waals surface area contributed by atoms with Gasteiger partial charge in [-0.05, 0) is 24.3 Å². The van der Waals surface area contributed by atoms with E-state index in [4.69, 9.17) is 0 Å². The summed E-state index contributed by atoms with van der Waals surface area (Å²) in [7, 11) is 0. The number of likely N-dealkylation sites (tertiary alicyclic amines) is 1. The lowest BCUT2D eigenvalue weighted by atomic mass is 9.85. The molecule has 2 unspecified atom stereocenters. The summed E-state index contributed by atoms with van der Waals surface area (Å²) in [6, 6.07) is 10.3. The van der Waals surface area contributed by atoms with Crippen molar-refractivity contribution in [2.45, 2.75) is 39.7 Å². The normalized spacial score (nSPS) is 24.3. The van der Waals surface area contributed by atoms with E-state index in [1.54, 1.807) is 0 Å². The summed E-state index contributed by atoms with van der Waals surface area (Å²) >= 11 is 0. The van der Waals surface area contributed by atoms with Gasteiger partial charge >= 0.3 is 0 Å². The monoisotopic (exact) mass is 245 g/mol. The maximum Gasteiger partial charge on any atom is 0.225 e. The van der Waals surface area contributed by atoms with E-state index >= 15 is 0 Å². The molecular weight excluding hydrogens is 222 g/mol. The first-order valence-corrected chi connectivity index (χ1v) is 7.07. The quantitative estimate of drug-likeness (QED) is 0.795. The Morgan fingerprint density at radius 2 is 1.89 bits per heavy atom. The fraction of sp³-hybridized carbons (Fsp3) is 0.562. The number of benzene rings is 1. The highest BCUT2D eigenvalue weighted by Crippen LogP contribution is 2.28. The lowest BCUT2D eigenvalue weighted by molar-refractivity contribution is -0.141. The van der Waals surface area contributed by atoms with Crippen LogP contribution >= 0.6 is 0 Å². The maximum atomic E-state index is 12.3. The number of hydrogen-bond donors (Lipinski definition) is 0. The summed E-state index contributed by atoms with van der Waals surface area (Å²) in [6.07, 6.45) is 3.23. The molecule has 0 radical (unpaired) electrons. The Kier molecular flexibility index (Phi) is 4.40. The molecule has 2 heteroatoms. The minimum Gasteiger partial charge on any atom is -0.338 e. The number of hydrogen-bond acceptors (Lipinski definition) is 1. The summed E-state index contributed by atoms with van der Waals surface area (Å²) in [5, 5.41) is 0. The molecule has 0 spiro atoms. The van der Waals surface area contributed by atoms with Gasteiger partial charge in [-0.3, -0.25) is 4.79 Å². The van der Waals surface area contributed by atoms with Crippen LogP contribution in [0.3, 0.4) is 0 Å². The van der Waals surface area contributed by atoms with E-state index in [1.165, 1.54) is 12.0 Å². The first kappa shape index (κ1) is 13.1. The number of carbonyl (C=O) groups excluding carboxylic acids is 1. The molecule has 1 aliphatic heterocycles. The van der Waals surface area contributed by atoms with Gasteiger partial charge in [0.05, 0.1) is 0 Å². The van der Waals surface area contributed by atoms with Crippen LogP contribution in [0.5, 0.6) is 0 Å². The standard InChI is InChI=1S/C16H23NO/c1-3-13-10-15(4-2)16(18)17(11-13)12-14-8-6-5-7-9-14/h5-9,13,15H,3-4,10-12H2,1-2H3. The van der Waals surface area contributed by atoms with Crippen LogP contribution in [0, 0.1) is 11.8 Å². The van der Waals surface area contributed by atoms with Crippen LogP contribution in [-0.2, 0) is 11.3 Å². The highest BCUT2D eigenvalue weighted by Gasteiger charge is 2.32. The molecular formula is C16H23NO. The highest BCUT2D eigenvalue weighted by atomic mass is 16.2. The topological polar surface area (TPSA) is 20.3 Å². The lowest BCUT2D eigenvalue weighted by Gasteiger charge is -2.37. The van der Waals surface area contributed by atoms with Crippen molar-refractivity contribution in [3.8, 4) is 0 Å². The van der Waals surface area contributed by atoms with Crippen LogP contribution in [0.15, 0.2) is 30.3 Å². The molecule has 0 aliphatic carbocycles. The first-order chi connectivity index (χ1) is 8.74. The molecule has 0 saturated carbocycles. The summed E-state index contributed by atoms with van der Waals surface area (Å²) in [5.41, 5.74) is 1.23. The van der Waals surface area contributed by atoms with E-state index in [1.807, 2.05) is 18.2 Å². The molecule has 2 rings (SSSR count). The Morgan fingerprint density at radius 3 is 2.50 bits per heavy atom. The molecule has 2 nitrogen and oxygen atoms in total. The van der Waals surface area contributed by atoms with Gasteiger partial charge in [-0.15, -0.1) is 0 Å². The predicted molar refractivity (Wildman–Crippen MR) is 74.0 cm³/mol. The number of rotatable bonds is 4. The van der Waals surface area contributed by atoms with Crippen LogP contribution in [0.1, 0.15) is 38.7 Å². The number of piperidine rings is 1. The van der Waals surface area contributed by atoms with Gasteiger partial charge in [0.25, 0.3) is 0 Å². The van der Waals surface area contributed by atoms with Gasteiger partial charge in [-0.1, -0.05) is 50.6 Å². The van der Waals surface area contributed by atoms with Gasteiger partial charge in [0.1, 0.15) is 0 Å². The largest absolute Gasteiger partial charge is 0.338 e. The third kappa shape index (κ3) is 2.92. The molecule has 1 aromatic rings. The average molecular weight is 245 g/mol.